The Morgan fingerprint density at radius 1 is 1.32 bits per heavy atom. The first-order valence-electron chi connectivity index (χ1n) is 8.33. The zero-order valence-corrected chi connectivity index (χ0v) is 15.0. The standard InChI is InChI=1S/C17H26N6O2/c1-13-10-14(2)23(22-13)8-5-7-19-17(18-3)21-12-16(24)20-11-15-6-4-9-25-15/h4,6,9-10H,5,7-8,11-12H2,1-3H3,(H,20,24)(H2,18,19,21). The number of nitrogens with one attached hydrogen (secondary N) is 3. The Morgan fingerprint density at radius 2 is 2.16 bits per heavy atom. The van der Waals surface area contributed by atoms with Gasteiger partial charge >= 0.3 is 0 Å². The van der Waals surface area contributed by atoms with E-state index in [1.165, 1.54) is 0 Å². The molecule has 25 heavy (non-hydrogen) atoms. The van der Waals surface area contributed by atoms with Crippen molar-refractivity contribution in [3.8, 4) is 0 Å². The monoisotopic (exact) mass is 346 g/mol. The number of aromatic nitrogens is 2. The first-order valence-corrected chi connectivity index (χ1v) is 8.33. The van der Waals surface area contributed by atoms with E-state index in [0.717, 1.165) is 36.7 Å². The topological polar surface area (TPSA) is 96.5 Å². The molecule has 2 aromatic heterocycles. The number of carbonyl (C=O) groups excluding carboxylic acids is 1. The van der Waals surface area contributed by atoms with Crippen LogP contribution in [0.4, 0.5) is 0 Å². The summed E-state index contributed by atoms with van der Waals surface area (Å²) in [5.74, 6) is 1.20. The van der Waals surface area contributed by atoms with E-state index in [4.69, 9.17) is 4.42 Å². The predicted octanol–water partition coefficient (Wildman–Crippen LogP) is 0.964. The third-order valence-corrected chi connectivity index (χ3v) is 3.62. The number of amides is 1. The lowest BCUT2D eigenvalue weighted by molar-refractivity contribution is -0.120. The van der Waals surface area contributed by atoms with Crippen LogP contribution in [-0.4, -0.2) is 41.8 Å². The fourth-order valence-corrected chi connectivity index (χ4v) is 2.38. The molecular weight excluding hydrogens is 320 g/mol. The maximum atomic E-state index is 11.8. The molecule has 0 atom stereocenters. The minimum absolute atomic E-state index is 0.123. The summed E-state index contributed by atoms with van der Waals surface area (Å²) in [6.45, 7) is 6.15. The average Bonchev–Trinajstić information content (AvgIpc) is 3.21. The smallest absolute Gasteiger partial charge is 0.239 e. The zero-order chi connectivity index (χ0) is 18.1. The van der Waals surface area contributed by atoms with Gasteiger partial charge < -0.3 is 20.4 Å². The number of nitrogens with zero attached hydrogens (tertiary/aromatic N) is 3. The van der Waals surface area contributed by atoms with Gasteiger partial charge in [-0.1, -0.05) is 0 Å². The van der Waals surface area contributed by atoms with Gasteiger partial charge in [0.05, 0.1) is 25.0 Å². The number of furan rings is 1. The van der Waals surface area contributed by atoms with E-state index in [1.54, 1.807) is 19.4 Å². The highest BCUT2D eigenvalue weighted by Gasteiger charge is 2.05. The Kier molecular flexibility index (Phi) is 7.06. The Balaban J connectivity index is 1.61. The molecule has 0 radical (unpaired) electrons. The molecule has 0 aromatic carbocycles. The van der Waals surface area contributed by atoms with E-state index in [2.05, 4.69) is 39.0 Å². The summed E-state index contributed by atoms with van der Waals surface area (Å²) >= 11 is 0. The van der Waals surface area contributed by atoms with Gasteiger partial charge in [-0.3, -0.25) is 14.5 Å². The van der Waals surface area contributed by atoms with Crippen molar-refractivity contribution in [1.29, 1.82) is 0 Å². The van der Waals surface area contributed by atoms with Gasteiger partial charge in [0.2, 0.25) is 5.91 Å². The van der Waals surface area contributed by atoms with Gasteiger partial charge in [-0.25, -0.2) is 0 Å². The van der Waals surface area contributed by atoms with Crippen LogP contribution in [0, 0.1) is 13.8 Å². The summed E-state index contributed by atoms with van der Waals surface area (Å²) in [6.07, 6.45) is 2.49. The van der Waals surface area contributed by atoms with Crippen LogP contribution in [0.2, 0.25) is 0 Å². The molecule has 0 spiro atoms. The van der Waals surface area contributed by atoms with Crippen LogP contribution < -0.4 is 16.0 Å². The molecule has 2 heterocycles. The normalized spacial score (nSPS) is 11.4. The van der Waals surface area contributed by atoms with Gasteiger partial charge in [0.25, 0.3) is 0 Å². The summed E-state index contributed by atoms with van der Waals surface area (Å²) in [6, 6.07) is 5.67. The number of aryl methyl sites for hydroxylation is 3. The SMILES string of the molecule is CN=C(NCCCn1nc(C)cc1C)NCC(=O)NCc1ccco1. The van der Waals surface area contributed by atoms with Gasteiger partial charge in [-0.15, -0.1) is 0 Å². The lowest BCUT2D eigenvalue weighted by Gasteiger charge is -2.12. The molecule has 2 aromatic rings. The second kappa shape index (κ2) is 9.51. The second-order valence-corrected chi connectivity index (χ2v) is 5.71. The second-order valence-electron chi connectivity index (χ2n) is 5.71. The van der Waals surface area contributed by atoms with Crippen LogP contribution in [0.3, 0.4) is 0 Å². The maximum absolute atomic E-state index is 11.8. The van der Waals surface area contributed by atoms with Crippen LogP contribution in [0.15, 0.2) is 33.9 Å². The highest BCUT2D eigenvalue weighted by molar-refractivity contribution is 5.86. The minimum atomic E-state index is -0.123. The largest absolute Gasteiger partial charge is 0.467 e. The van der Waals surface area contributed by atoms with E-state index >= 15 is 0 Å². The summed E-state index contributed by atoms with van der Waals surface area (Å²) in [5, 5.41) is 13.4. The van der Waals surface area contributed by atoms with Gasteiger partial charge in [0.15, 0.2) is 5.96 Å². The van der Waals surface area contributed by atoms with E-state index < -0.39 is 0 Å². The van der Waals surface area contributed by atoms with Crippen LogP contribution in [0.1, 0.15) is 23.6 Å². The minimum Gasteiger partial charge on any atom is -0.467 e. The van der Waals surface area contributed by atoms with E-state index in [9.17, 15) is 4.79 Å². The van der Waals surface area contributed by atoms with E-state index in [0.29, 0.717) is 12.5 Å². The van der Waals surface area contributed by atoms with Crippen molar-refractivity contribution in [2.75, 3.05) is 20.1 Å². The molecule has 1 amide bonds. The van der Waals surface area contributed by atoms with Crippen molar-refractivity contribution in [2.45, 2.75) is 33.4 Å². The van der Waals surface area contributed by atoms with Crippen LogP contribution >= 0.6 is 0 Å². The molecule has 3 N–H and O–H groups in total. The first kappa shape index (κ1) is 18.6. The number of carbonyl (C=O) groups is 1. The highest BCUT2D eigenvalue weighted by atomic mass is 16.3. The lowest BCUT2D eigenvalue weighted by Crippen LogP contribution is -2.43. The van der Waals surface area contributed by atoms with Crippen molar-refractivity contribution in [3.63, 3.8) is 0 Å². The van der Waals surface area contributed by atoms with Crippen molar-refractivity contribution >= 4 is 11.9 Å². The molecule has 8 heteroatoms. The number of hydrogen-bond acceptors (Lipinski definition) is 4. The van der Waals surface area contributed by atoms with Gasteiger partial charge in [0, 0.05) is 25.8 Å². The van der Waals surface area contributed by atoms with Crippen LogP contribution in [0.25, 0.3) is 0 Å². The fraction of sp³-hybridized carbons (Fsp3) is 0.471. The predicted molar refractivity (Wildman–Crippen MR) is 96.2 cm³/mol. The van der Waals surface area contributed by atoms with Gasteiger partial charge in [-0.05, 0) is 38.5 Å². The molecule has 136 valence electrons. The third kappa shape index (κ3) is 6.33. The molecule has 8 nitrogen and oxygen atoms in total. The molecule has 2 rings (SSSR count). The Labute approximate surface area is 147 Å². The van der Waals surface area contributed by atoms with Crippen molar-refractivity contribution in [3.05, 3.63) is 41.6 Å². The molecule has 0 aliphatic carbocycles. The van der Waals surface area contributed by atoms with E-state index in [1.807, 2.05) is 17.7 Å². The number of aliphatic imine (C=N–C) groups is 1. The molecular formula is C17H26N6O2. The Morgan fingerprint density at radius 3 is 2.80 bits per heavy atom. The third-order valence-electron chi connectivity index (χ3n) is 3.62. The summed E-state index contributed by atoms with van der Waals surface area (Å²) in [7, 11) is 1.68. The Bertz CT molecular complexity index is 690. The quantitative estimate of drug-likeness (QED) is 0.376. The van der Waals surface area contributed by atoms with Crippen molar-refractivity contribution < 1.29 is 9.21 Å². The molecule has 0 unspecified atom stereocenters. The molecule has 0 saturated carbocycles. The number of hydrogen-bond donors (Lipinski definition) is 3. The Hall–Kier alpha value is -2.77. The van der Waals surface area contributed by atoms with Crippen LogP contribution in [0.5, 0.6) is 0 Å². The molecule has 0 aliphatic heterocycles. The highest BCUT2D eigenvalue weighted by Crippen LogP contribution is 2.02. The van der Waals surface area contributed by atoms with Crippen LogP contribution in [-0.2, 0) is 17.9 Å². The van der Waals surface area contributed by atoms with Crippen molar-refractivity contribution in [2.24, 2.45) is 4.99 Å². The maximum Gasteiger partial charge on any atom is 0.239 e. The number of rotatable bonds is 8. The lowest BCUT2D eigenvalue weighted by atomic mass is 10.4. The van der Waals surface area contributed by atoms with Crippen molar-refractivity contribution in [1.82, 2.24) is 25.7 Å². The first-order chi connectivity index (χ1) is 12.1. The average molecular weight is 346 g/mol. The molecule has 0 fully saturated rings. The molecule has 0 aliphatic rings. The molecule has 0 saturated heterocycles. The fourth-order valence-electron chi connectivity index (χ4n) is 2.38. The summed E-state index contributed by atoms with van der Waals surface area (Å²) < 4.78 is 7.16. The summed E-state index contributed by atoms with van der Waals surface area (Å²) in [5.41, 5.74) is 2.19. The molecule has 0 bridgehead atoms. The summed E-state index contributed by atoms with van der Waals surface area (Å²) in [4.78, 5) is 15.9. The van der Waals surface area contributed by atoms with E-state index in [-0.39, 0.29) is 12.5 Å². The van der Waals surface area contributed by atoms with Gasteiger partial charge in [-0.2, -0.15) is 5.10 Å². The van der Waals surface area contributed by atoms with Gasteiger partial charge in [0.1, 0.15) is 5.76 Å². The number of guanidine groups is 1. The zero-order valence-electron chi connectivity index (χ0n) is 15.0.